The number of phenolic OH excluding ortho intramolecular Hbond substituents is 2. The van der Waals surface area contributed by atoms with E-state index in [1.54, 1.807) is 45.9 Å². The van der Waals surface area contributed by atoms with Gasteiger partial charge in [0.1, 0.15) is 11.5 Å². The van der Waals surface area contributed by atoms with Crippen LogP contribution >= 0.6 is 21.6 Å². The first-order valence-electron chi connectivity index (χ1n) is 6.33. The van der Waals surface area contributed by atoms with Crippen molar-refractivity contribution in [3.8, 4) is 11.5 Å². The van der Waals surface area contributed by atoms with Crippen molar-refractivity contribution in [1.29, 1.82) is 0 Å². The van der Waals surface area contributed by atoms with Gasteiger partial charge in [-0.05, 0) is 74.2 Å². The maximum atomic E-state index is 9.58. The average molecular weight is 306 g/mol. The highest BCUT2D eigenvalue weighted by molar-refractivity contribution is 8.76. The van der Waals surface area contributed by atoms with Crippen molar-refractivity contribution in [3.05, 3.63) is 46.5 Å². The molecule has 2 aromatic rings. The molecule has 20 heavy (non-hydrogen) atoms. The quantitative estimate of drug-likeness (QED) is 0.771. The lowest BCUT2D eigenvalue weighted by Crippen LogP contribution is -1.86. The fraction of sp³-hybridized carbons (Fsp3) is 0.250. The first kappa shape index (κ1) is 15.1. The van der Waals surface area contributed by atoms with Crippen molar-refractivity contribution >= 4 is 21.6 Å². The highest BCUT2D eigenvalue weighted by Gasteiger charge is 2.10. The van der Waals surface area contributed by atoms with E-state index >= 15 is 0 Å². The number of aryl methyl sites for hydroxylation is 4. The summed E-state index contributed by atoms with van der Waals surface area (Å²) >= 11 is 0. The largest absolute Gasteiger partial charge is 0.508 e. The molecule has 0 saturated heterocycles. The molecule has 0 aliphatic carbocycles. The molecule has 0 heterocycles. The Morgan fingerprint density at radius 3 is 1.10 bits per heavy atom. The highest BCUT2D eigenvalue weighted by Crippen LogP contribution is 2.44. The van der Waals surface area contributed by atoms with Gasteiger partial charge in [0.2, 0.25) is 0 Å². The standard InChI is InChI=1S/C16H18O2S2/c1-9-5-13(17)6-10(2)15(9)19-20-16-11(3)7-14(18)8-12(16)4/h5-8,17-18H,1-4H3. The third-order valence-electron chi connectivity index (χ3n) is 3.10. The zero-order valence-corrected chi connectivity index (χ0v) is 13.7. The Bertz CT molecular complexity index is 547. The Morgan fingerprint density at radius 1 is 0.600 bits per heavy atom. The average Bonchev–Trinajstić information content (AvgIpc) is 2.30. The number of benzene rings is 2. The maximum Gasteiger partial charge on any atom is 0.116 e. The van der Waals surface area contributed by atoms with Gasteiger partial charge in [0, 0.05) is 9.79 Å². The minimum absolute atomic E-state index is 0.311. The van der Waals surface area contributed by atoms with Crippen LogP contribution in [0.2, 0.25) is 0 Å². The van der Waals surface area contributed by atoms with Gasteiger partial charge in [0.15, 0.2) is 0 Å². The fourth-order valence-corrected chi connectivity index (χ4v) is 5.21. The third-order valence-corrected chi connectivity index (χ3v) is 6.05. The van der Waals surface area contributed by atoms with E-state index in [0.717, 1.165) is 22.3 Å². The summed E-state index contributed by atoms with van der Waals surface area (Å²) in [5.41, 5.74) is 4.31. The van der Waals surface area contributed by atoms with E-state index in [1.165, 1.54) is 9.79 Å². The third kappa shape index (κ3) is 3.25. The minimum atomic E-state index is 0.311. The van der Waals surface area contributed by atoms with Crippen molar-refractivity contribution < 1.29 is 10.2 Å². The lowest BCUT2D eigenvalue weighted by Gasteiger charge is -2.12. The van der Waals surface area contributed by atoms with Gasteiger partial charge in [-0.15, -0.1) is 0 Å². The number of aromatic hydroxyl groups is 2. The number of phenols is 2. The van der Waals surface area contributed by atoms with Crippen molar-refractivity contribution in [2.24, 2.45) is 0 Å². The lowest BCUT2D eigenvalue weighted by molar-refractivity contribution is 0.473. The molecular formula is C16H18O2S2. The van der Waals surface area contributed by atoms with Crippen LogP contribution in [0.4, 0.5) is 0 Å². The summed E-state index contributed by atoms with van der Waals surface area (Å²) in [5, 5.41) is 19.2. The lowest BCUT2D eigenvalue weighted by atomic mass is 10.1. The van der Waals surface area contributed by atoms with Crippen LogP contribution in [0.5, 0.6) is 11.5 Å². The molecule has 2 N–H and O–H groups in total. The molecule has 4 heteroatoms. The molecule has 2 aromatic carbocycles. The predicted molar refractivity (Wildman–Crippen MR) is 86.9 cm³/mol. The molecule has 0 atom stereocenters. The molecule has 0 unspecified atom stereocenters. The molecule has 0 aliphatic heterocycles. The molecule has 0 aromatic heterocycles. The Morgan fingerprint density at radius 2 is 0.850 bits per heavy atom. The van der Waals surface area contributed by atoms with Gasteiger partial charge in [-0.1, -0.05) is 21.6 Å². The fourth-order valence-electron chi connectivity index (χ4n) is 2.20. The number of rotatable bonds is 3. The van der Waals surface area contributed by atoms with Crippen LogP contribution in [-0.2, 0) is 0 Å². The van der Waals surface area contributed by atoms with Crippen LogP contribution < -0.4 is 0 Å². The summed E-state index contributed by atoms with van der Waals surface area (Å²) in [5.74, 6) is 0.623. The molecule has 2 nitrogen and oxygen atoms in total. The second-order valence-corrected chi connectivity index (χ2v) is 7.13. The maximum absolute atomic E-state index is 9.58. The number of hydrogen-bond donors (Lipinski definition) is 2. The molecule has 2 rings (SSSR count). The second-order valence-electron chi connectivity index (χ2n) is 4.98. The molecular weight excluding hydrogens is 288 g/mol. The Balaban J connectivity index is 2.26. The van der Waals surface area contributed by atoms with Crippen LogP contribution in [0, 0.1) is 27.7 Å². The smallest absolute Gasteiger partial charge is 0.116 e. The highest BCUT2D eigenvalue weighted by atomic mass is 33.1. The summed E-state index contributed by atoms with van der Waals surface area (Å²) < 4.78 is 0. The van der Waals surface area contributed by atoms with Crippen LogP contribution in [0.1, 0.15) is 22.3 Å². The SMILES string of the molecule is Cc1cc(O)cc(C)c1SSc1c(C)cc(O)cc1C. The Hall–Kier alpha value is -1.26. The van der Waals surface area contributed by atoms with Crippen LogP contribution in [0.3, 0.4) is 0 Å². The van der Waals surface area contributed by atoms with Crippen molar-refractivity contribution in [3.63, 3.8) is 0 Å². The molecule has 0 spiro atoms. The van der Waals surface area contributed by atoms with E-state index < -0.39 is 0 Å². The zero-order valence-electron chi connectivity index (χ0n) is 12.0. The van der Waals surface area contributed by atoms with Crippen molar-refractivity contribution in [1.82, 2.24) is 0 Å². The molecule has 0 radical (unpaired) electrons. The second kappa shape index (κ2) is 6.02. The summed E-state index contributed by atoms with van der Waals surface area (Å²) in [6.45, 7) is 8.02. The van der Waals surface area contributed by atoms with Gasteiger partial charge in [-0.2, -0.15) is 0 Å². The van der Waals surface area contributed by atoms with E-state index in [9.17, 15) is 10.2 Å². The Kier molecular flexibility index (Phi) is 4.55. The molecule has 0 saturated carbocycles. The first-order valence-corrected chi connectivity index (χ1v) is 8.48. The predicted octanol–water partition coefficient (Wildman–Crippen LogP) is 5.13. The van der Waals surface area contributed by atoms with Gasteiger partial charge >= 0.3 is 0 Å². The van der Waals surface area contributed by atoms with Crippen LogP contribution in [-0.4, -0.2) is 10.2 Å². The summed E-state index contributed by atoms with van der Waals surface area (Å²) in [6, 6.07) is 7.14. The van der Waals surface area contributed by atoms with Crippen LogP contribution in [0.15, 0.2) is 34.1 Å². The van der Waals surface area contributed by atoms with Gasteiger partial charge in [-0.3, -0.25) is 0 Å². The minimum Gasteiger partial charge on any atom is -0.508 e. The van der Waals surface area contributed by atoms with E-state index in [1.807, 2.05) is 27.7 Å². The molecule has 0 bridgehead atoms. The van der Waals surface area contributed by atoms with Gasteiger partial charge in [0.05, 0.1) is 0 Å². The number of hydrogen-bond acceptors (Lipinski definition) is 4. The first-order chi connectivity index (χ1) is 9.38. The summed E-state index contributed by atoms with van der Waals surface area (Å²) in [7, 11) is 3.39. The normalized spacial score (nSPS) is 10.8. The van der Waals surface area contributed by atoms with E-state index in [-0.39, 0.29) is 0 Å². The van der Waals surface area contributed by atoms with Gasteiger partial charge < -0.3 is 10.2 Å². The van der Waals surface area contributed by atoms with Gasteiger partial charge in [-0.25, -0.2) is 0 Å². The van der Waals surface area contributed by atoms with Crippen molar-refractivity contribution in [2.45, 2.75) is 37.5 Å². The topological polar surface area (TPSA) is 40.5 Å². The van der Waals surface area contributed by atoms with E-state index in [4.69, 9.17) is 0 Å². The van der Waals surface area contributed by atoms with E-state index in [2.05, 4.69) is 0 Å². The molecule has 106 valence electrons. The van der Waals surface area contributed by atoms with Crippen molar-refractivity contribution in [2.75, 3.05) is 0 Å². The van der Waals surface area contributed by atoms with Gasteiger partial charge in [0.25, 0.3) is 0 Å². The summed E-state index contributed by atoms with van der Waals surface area (Å²) in [6.07, 6.45) is 0. The van der Waals surface area contributed by atoms with E-state index in [0.29, 0.717) is 11.5 Å². The zero-order chi connectivity index (χ0) is 14.9. The van der Waals surface area contributed by atoms with Crippen LogP contribution in [0.25, 0.3) is 0 Å². The Labute approximate surface area is 127 Å². The molecule has 0 amide bonds. The summed E-state index contributed by atoms with van der Waals surface area (Å²) in [4.78, 5) is 2.36. The molecule has 0 fully saturated rings. The monoisotopic (exact) mass is 306 g/mol. The molecule has 0 aliphatic rings.